The van der Waals surface area contributed by atoms with Gasteiger partial charge in [-0.25, -0.2) is 4.98 Å². The summed E-state index contributed by atoms with van der Waals surface area (Å²) in [6.45, 7) is 4.29. The molecule has 2 aromatic carbocycles. The van der Waals surface area contributed by atoms with Gasteiger partial charge in [0, 0.05) is 41.9 Å². The number of nitrogens with zero attached hydrogens (tertiary/aromatic N) is 3. The van der Waals surface area contributed by atoms with Gasteiger partial charge in [0.1, 0.15) is 5.82 Å². The maximum absolute atomic E-state index is 4.58. The van der Waals surface area contributed by atoms with Crippen LogP contribution in [0.5, 0.6) is 0 Å². The molecule has 0 radical (unpaired) electrons. The average Bonchev–Trinajstić information content (AvgIpc) is 3.17. The van der Waals surface area contributed by atoms with Gasteiger partial charge in [-0.2, -0.15) is 4.98 Å². The van der Waals surface area contributed by atoms with E-state index in [1.807, 2.05) is 43.3 Å². The van der Waals surface area contributed by atoms with E-state index in [0.29, 0.717) is 5.95 Å². The van der Waals surface area contributed by atoms with Crippen molar-refractivity contribution in [3.63, 3.8) is 0 Å². The highest BCUT2D eigenvalue weighted by molar-refractivity contribution is 5.63. The molecule has 26 heavy (non-hydrogen) atoms. The summed E-state index contributed by atoms with van der Waals surface area (Å²) in [5, 5.41) is 6.63. The highest BCUT2D eigenvalue weighted by Crippen LogP contribution is 2.24. The van der Waals surface area contributed by atoms with E-state index in [2.05, 4.69) is 49.8 Å². The monoisotopic (exact) mass is 345 g/mol. The molecule has 3 aromatic rings. The molecule has 132 valence electrons. The third-order valence-corrected chi connectivity index (χ3v) is 4.50. The van der Waals surface area contributed by atoms with Gasteiger partial charge in [0.2, 0.25) is 5.95 Å². The molecule has 2 heterocycles. The van der Waals surface area contributed by atoms with Gasteiger partial charge in [0.15, 0.2) is 0 Å². The van der Waals surface area contributed by atoms with Crippen LogP contribution in [0.1, 0.15) is 18.5 Å². The Labute approximate surface area is 154 Å². The van der Waals surface area contributed by atoms with Gasteiger partial charge in [0.25, 0.3) is 0 Å². The predicted molar refractivity (Wildman–Crippen MR) is 108 cm³/mol. The first kappa shape index (κ1) is 16.4. The van der Waals surface area contributed by atoms with Crippen LogP contribution < -0.4 is 15.5 Å². The molecule has 0 spiro atoms. The highest BCUT2D eigenvalue weighted by Gasteiger charge is 2.12. The Morgan fingerprint density at radius 1 is 0.808 bits per heavy atom. The first-order valence-electron chi connectivity index (χ1n) is 9.06. The minimum Gasteiger partial charge on any atom is -0.372 e. The first-order chi connectivity index (χ1) is 12.8. The van der Waals surface area contributed by atoms with Gasteiger partial charge in [-0.1, -0.05) is 18.2 Å². The third-order valence-electron chi connectivity index (χ3n) is 4.50. The Morgan fingerprint density at radius 3 is 2.23 bits per heavy atom. The summed E-state index contributed by atoms with van der Waals surface area (Å²) in [6, 6.07) is 20.5. The van der Waals surface area contributed by atoms with Crippen LogP contribution in [0.2, 0.25) is 0 Å². The normalized spacial score (nSPS) is 13.7. The Hall–Kier alpha value is -3.08. The third kappa shape index (κ3) is 3.94. The quantitative estimate of drug-likeness (QED) is 0.691. The second-order valence-corrected chi connectivity index (χ2v) is 6.58. The molecule has 0 amide bonds. The van der Waals surface area contributed by atoms with E-state index in [9.17, 15) is 0 Å². The van der Waals surface area contributed by atoms with Crippen LogP contribution in [-0.2, 0) is 0 Å². The Bertz CT molecular complexity index is 855. The lowest BCUT2D eigenvalue weighted by Crippen LogP contribution is -2.17. The summed E-state index contributed by atoms with van der Waals surface area (Å²) in [5.41, 5.74) is 4.20. The van der Waals surface area contributed by atoms with Crippen LogP contribution in [0.4, 0.5) is 28.8 Å². The molecule has 0 atom stereocenters. The molecule has 0 bridgehead atoms. The summed E-state index contributed by atoms with van der Waals surface area (Å²) in [5.74, 6) is 1.37. The molecule has 1 aromatic heterocycles. The molecule has 1 aliphatic heterocycles. The molecule has 0 aliphatic carbocycles. The van der Waals surface area contributed by atoms with Crippen LogP contribution >= 0.6 is 0 Å². The smallest absolute Gasteiger partial charge is 0.229 e. The van der Waals surface area contributed by atoms with E-state index in [1.54, 1.807) is 0 Å². The van der Waals surface area contributed by atoms with Crippen LogP contribution in [0, 0.1) is 6.92 Å². The summed E-state index contributed by atoms with van der Waals surface area (Å²) < 4.78 is 0. The molecule has 1 saturated heterocycles. The van der Waals surface area contributed by atoms with E-state index in [0.717, 1.165) is 36.0 Å². The Balaban J connectivity index is 1.49. The first-order valence-corrected chi connectivity index (χ1v) is 9.06. The summed E-state index contributed by atoms with van der Waals surface area (Å²) in [7, 11) is 0. The molecule has 0 saturated carbocycles. The minimum absolute atomic E-state index is 0.590. The topological polar surface area (TPSA) is 53.1 Å². The van der Waals surface area contributed by atoms with E-state index < -0.39 is 0 Å². The van der Waals surface area contributed by atoms with Gasteiger partial charge < -0.3 is 15.5 Å². The van der Waals surface area contributed by atoms with Crippen LogP contribution in [0.25, 0.3) is 0 Å². The maximum Gasteiger partial charge on any atom is 0.229 e. The van der Waals surface area contributed by atoms with Crippen molar-refractivity contribution in [2.75, 3.05) is 28.6 Å². The second kappa shape index (κ2) is 7.44. The number of aromatic nitrogens is 2. The molecule has 1 aliphatic rings. The van der Waals surface area contributed by atoms with Gasteiger partial charge in [-0.3, -0.25) is 0 Å². The van der Waals surface area contributed by atoms with Crippen molar-refractivity contribution >= 4 is 28.8 Å². The van der Waals surface area contributed by atoms with Gasteiger partial charge >= 0.3 is 0 Å². The fourth-order valence-corrected chi connectivity index (χ4v) is 3.22. The fraction of sp³-hybridized carbons (Fsp3) is 0.238. The predicted octanol–water partition coefficient (Wildman–Crippen LogP) is 4.87. The molecular formula is C21H23N5. The zero-order chi connectivity index (χ0) is 17.8. The Kier molecular flexibility index (Phi) is 4.69. The number of aryl methyl sites for hydroxylation is 1. The van der Waals surface area contributed by atoms with E-state index in [-0.39, 0.29) is 0 Å². The largest absolute Gasteiger partial charge is 0.372 e. The molecule has 5 heteroatoms. The number of benzene rings is 2. The second-order valence-electron chi connectivity index (χ2n) is 6.58. The molecular weight excluding hydrogens is 322 g/mol. The van der Waals surface area contributed by atoms with Crippen LogP contribution in [-0.4, -0.2) is 23.1 Å². The number of hydrogen-bond acceptors (Lipinski definition) is 5. The summed E-state index contributed by atoms with van der Waals surface area (Å²) >= 11 is 0. The molecule has 0 unspecified atom stereocenters. The maximum atomic E-state index is 4.58. The van der Waals surface area contributed by atoms with Crippen molar-refractivity contribution in [1.82, 2.24) is 9.97 Å². The van der Waals surface area contributed by atoms with Crippen molar-refractivity contribution in [3.8, 4) is 0 Å². The molecule has 5 nitrogen and oxygen atoms in total. The van der Waals surface area contributed by atoms with Gasteiger partial charge in [-0.15, -0.1) is 0 Å². The number of nitrogens with one attached hydrogen (secondary N) is 2. The summed E-state index contributed by atoms with van der Waals surface area (Å²) in [6.07, 6.45) is 2.58. The van der Waals surface area contributed by atoms with Gasteiger partial charge in [-0.05, 0) is 56.2 Å². The van der Waals surface area contributed by atoms with Crippen molar-refractivity contribution in [3.05, 3.63) is 66.4 Å². The van der Waals surface area contributed by atoms with Crippen molar-refractivity contribution in [2.24, 2.45) is 0 Å². The lowest BCUT2D eigenvalue weighted by Gasteiger charge is -2.18. The zero-order valence-electron chi connectivity index (χ0n) is 14.9. The highest BCUT2D eigenvalue weighted by atomic mass is 15.2. The van der Waals surface area contributed by atoms with Crippen molar-refractivity contribution in [1.29, 1.82) is 0 Å². The zero-order valence-corrected chi connectivity index (χ0v) is 14.9. The van der Waals surface area contributed by atoms with E-state index >= 15 is 0 Å². The van der Waals surface area contributed by atoms with E-state index in [1.165, 1.54) is 18.5 Å². The number of para-hydroxylation sites is 1. The summed E-state index contributed by atoms with van der Waals surface area (Å²) in [4.78, 5) is 11.5. The molecule has 1 fully saturated rings. The average molecular weight is 345 g/mol. The minimum atomic E-state index is 0.590. The lowest BCUT2D eigenvalue weighted by molar-refractivity contribution is 0.949. The standard InChI is InChI=1S/C21H23N5/c1-16-15-20(25-21(22-16)24-17-7-3-2-4-8-17)23-18-9-11-19(12-10-18)26-13-5-6-14-26/h2-4,7-12,15H,5-6,13-14H2,1H3,(H2,22,23,24,25). The molecule has 2 N–H and O–H groups in total. The van der Waals surface area contributed by atoms with Crippen LogP contribution in [0.15, 0.2) is 60.7 Å². The van der Waals surface area contributed by atoms with Crippen LogP contribution in [0.3, 0.4) is 0 Å². The molecule has 4 rings (SSSR count). The lowest BCUT2D eigenvalue weighted by atomic mass is 10.2. The number of anilines is 5. The SMILES string of the molecule is Cc1cc(Nc2ccc(N3CCCC3)cc2)nc(Nc2ccccc2)n1. The number of rotatable bonds is 5. The fourth-order valence-electron chi connectivity index (χ4n) is 3.22. The van der Waals surface area contributed by atoms with E-state index in [4.69, 9.17) is 0 Å². The number of hydrogen-bond donors (Lipinski definition) is 2. The Morgan fingerprint density at radius 2 is 1.50 bits per heavy atom. The van der Waals surface area contributed by atoms with Crippen molar-refractivity contribution < 1.29 is 0 Å². The van der Waals surface area contributed by atoms with Crippen molar-refractivity contribution in [2.45, 2.75) is 19.8 Å². The van der Waals surface area contributed by atoms with Gasteiger partial charge in [0.05, 0.1) is 0 Å².